The summed E-state index contributed by atoms with van der Waals surface area (Å²) in [7, 11) is 0. The minimum absolute atomic E-state index is 0.00236. The molecule has 0 aliphatic heterocycles. The number of ketones is 1. The minimum atomic E-state index is -0.285. The third-order valence-electron chi connectivity index (χ3n) is 2.66. The Bertz CT molecular complexity index is 351. The highest BCUT2D eigenvalue weighted by atomic mass is 19.1. The fourth-order valence-electron chi connectivity index (χ4n) is 1.96. The summed E-state index contributed by atoms with van der Waals surface area (Å²) < 4.78 is 13.3. The molecule has 1 saturated carbocycles. The zero-order chi connectivity index (χ0) is 9.97. The number of hydrogen-bond donors (Lipinski definition) is 0. The van der Waals surface area contributed by atoms with Gasteiger partial charge in [-0.2, -0.15) is 0 Å². The second kappa shape index (κ2) is 3.86. The van der Waals surface area contributed by atoms with Crippen LogP contribution in [0.5, 0.6) is 0 Å². The molecular formula is C11H12FNO. The normalized spacial score (nSPS) is 22.4. The van der Waals surface area contributed by atoms with E-state index in [0.717, 1.165) is 12.8 Å². The van der Waals surface area contributed by atoms with Crippen molar-refractivity contribution in [2.75, 3.05) is 0 Å². The summed E-state index contributed by atoms with van der Waals surface area (Å²) in [6, 6.07) is 2.98. The first-order valence-electron chi connectivity index (χ1n) is 4.89. The number of rotatable bonds is 1. The largest absolute Gasteiger partial charge is 0.300 e. The molecule has 1 unspecified atom stereocenters. The topological polar surface area (TPSA) is 30.0 Å². The van der Waals surface area contributed by atoms with Crippen LogP contribution in [0, 0.1) is 5.82 Å². The summed E-state index contributed by atoms with van der Waals surface area (Å²) in [6.07, 6.45) is 4.41. The first-order valence-corrected chi connectivity index (χ1v) is 4.89. The highest BCUT2D eigenvalue weighted by Crippen LogP contribution is 2.30. The molecule has 0 saturated heterocycles. The van der Waals surface area contributed by atoms with Crippen molar-refractivity contribution in [3.63, 3.8) is 0 Å². The van der Waals surface area contributed by atoms with Crippen molar-refractivity contribution in [3.8, 4) is 0 Å². The lowest BCUT2D eigenvalue weighted by Crippen LogP contribution is -2.15. The van der Waals surface area contributed by atoms with Crippen molar-refractivity contribution in [1.29, 1.82) is 0 Å². The SMILES string of the molecule is O=C1CCCC(c2ncccc2F)C1. The van der Waals surface area contributed by atoms with Crippen LogP contribution in [0.1, 0.15) is 37.3 Å². The number of aromatic nitrogens is 1. The average Bonchev–Trinajstić information content (AvgIpc) is 2.18. The van der Waals surface area contributed by atoms with Crippen molar-refractivity contribution < 1.29 is 9.18 Å². The van der Waals surface area contributed by atoms with Crippen LogP contribution in [-0.2, 0) is 4.79 Å². The van der Waals surface area contributed by atoms with Crippen LogP contribution >= 0.6 is 0 Å². The standard InChI is InChI=1S/C11H12FNO/c12-10-5-2-6-13-11(10)8-3-1-4-9(14)7-8/h2,5-6,8H,1,3-4,7H2. The van der Waals surface area contributed by atoms with Crippen LogP contribution in [0.4, 0.5) is 4.39 Å². The average molecular weight is 193 g/mol. The van der Waals surface area contributed by atoms with E-state index >= 15 is 0 Å². The van der Waals surface area contributed by atoms with Gasteiger partial charge in [-0.3, -0.25) is 9.78 Å². The maximum atomic E-state index is 13.3. The van der Waals surface area contributed by atoms with Crippen molar-refractivity contribution >= 4 is 5.78 Å². The molecule has 0 N–H and O–H groups in total. The fourth-order valence-corrected chi connectivity index (χ4v) is 1.96. The van der Waals surface area contributed by atoms with E-state index in [1.807, 2.05) is 0 Å². The third-order valence-corrected chi connectivity index (χ3v) is 2.66. The van der Waals surface area contributed by atoms with Crippen LogP contribution in [0.25, 0.3) is 0 Å². The first kappa shape index (κ1) is 9.31. The molecule has 14 heavy (non-hydrogen) atoms. The minimum Gasteiger partial charge on any atom is -0.300 e. The molecule has 0 radical (unpaired) electrons. The van der Waals surface area contributed by atoms with Gasteiger partial charge in [0.2, 0.25) is 0 Å². The fraction of sp³-hybridized carbons (Fsp3) is 0.455. The number of Topliss-reactive ketones (excluding diaryl/α,β-unsaturated/α-hetero) is 1. The van der Waals surface area contributed by atoms with E-state index in [4.69, 9.17) is 0 Å². The molecule has 0 bridgehead atoms. The molecule has 2 nitrogen and oxygen atoms in total. The molecule has 0 aromatic carbocycles. The van der Waals surface area contributed by atoms with E-state index < -0.39 is 0 Å². The monoisotopic (exact) mass is 193 g/mol. The van der Waals surface area contributed by atoms with Crippen molar-refractivity contribution in [3.05, 3.63) is 29.8 Å². The van der Waals surface area contributed by atoms with Gasteiger partial charge in [0.1, 0.15) is 11.6 Å². The van der Waals surface area contributed by atoms with E-state index in [0.29, 0.717) is 18.5 Å². The van der Waals surface area contributed by atoms with E-state index in [-0.39, 0.29) is 17.5 Å². The summed E-state index contributed by atoms with van der Waals surface area (Å²) in [5.41, 5.74) is 0.459. The van der Waals surface area contributed by atoms with Gasteiger partial charge in [-0.15, -0.1) is 0 Å². The number of carbonyl (C=O) groups is 1. The molecule has 3 heteroatoms. The summed E-state index contributed by atoms with van der Waals surface area (Å²) in [5, 5.41) is 0. The molecule has 1 aliphatic rings. The Balaban J connectivity index is 2.22. The van der Waals surface area contributed by atoms with Crippen molar-refractivity contribution in [2.45, 2.75) is 31.6 Å². The first-order chi connectivity index (χ1) is 6.77. The number of carbonyl (C=O) groups excluding carboxylic acids is 1. The zero-order valence-corrected chi connectivity index (χ0v) is 7.87. The lowest BCUT2D eigenvalue weighted by Gasteiger charge is -2.20. The maximum Gasteiger partial charge on any atom is 0.144 e. The van der Waals surface area contributed by atoms with Crippen LogP contribution < -0.4 is 0 Å². The third kappa shape index (κ3) is 1.81. The molecule has 74 valence electrons. The Labute approximate surface area is 82.2 Å². The quantitative estimate of drug-likeness (QED) is 0.685. The lowest BCUT2D eigenvalue weighted by atomic mass is 9.86. The predicted octanol–water partition coefficient (Wildman–Crippen LogP) is 2.45. The summed E-state index contributed by atoms with van der Waals surface area (Å²) in [4.78, 5) is 15.2. The maximum absolute atomic E-state index is 13.3. The highest BCUT2D eigenvalue weighted by molar-refractivity contribution is 5.80. The Kier molecular flexibility index (Phi) is 2.57. The predicted molar refractivity (Wildman–Crippen MR) is 50.4 cm³/mol. The Morgan fingerprint density at radius 2 is 2.36 bits per heavy atom. The molecule has 1 aliphatic carbocycles. The number of pyridine rings is 1. The van der Waals surface area contributed by atoms with Gasteiger partial charge in [0.25, 0.3) is 0 Å². The molecule has 1 aromatic heterocycles. The van der Waals surface area contributed by atoms with Gasteiger partial charge in [-0.25, -0.2) is 4.39 Å². The number of nitrogens with zero attached hydrogens (tertiary/aromatic N) is 1. The summed E-state index contributed by atoms with van der Waals surface area (Å²) >= 11 is 0. The summed E-state index contributed by atoms with van der Waals surface area (Å²) in [6.45, 7) is 0. The smallest absolute Gasteiger partial charge is 0.144 e. The van der Waals surface area contributed by atoms with Gasteiger partial charge in [0, 0.05) is 25.0 Å². The van der Waals surface area contributed by atoms with Gasteiger partial charge < -0.3 is 0 Å². The lowest BCUT2D eigenvalue weighted by molar-refractivity contribution is -0.120. The van der Waals surface area contributed by atoms with Gasteiger partial charge in [-0.05, 0) is 25.0 Å². The van der Waals surface area contributed by atoms with Crippen LogP contribution in [0.3, 0.4) is 0 Å². The Morgan fingerprint density at radius 3 is 3.07 bits per heavy atom. The molecule has 2 rings (SSSR count). The second-order valence-electron chi connectivity index (χ2n) is 3.70. The van der Waals surface area contributed by atoms with Gasteiger partial charge in [0.15, 0.2) is 0 Å². The van der Waals surface area contributed by atoms with Gasteiger partial charge >= 0.3 is 0 Å². The van der Waals surface area contributed by atoms with E-state index in [1.165, 1.54) is 6.07 Å². The number of hydrogen-bond acceptors (Lipinski definition) is 2. The van der Waals surface area contributed by atoms with E-state index in [2.05, 4.69) is 4.98 Å². The van der Waals surface area contributed by atoms with Gasteiger partial charge in [0.05, 0.1) is 5.69 Å². The molecule has 0 amide bonds. The van der Waals surface area contributed by atoms with E-state index in [1.54, 1.807) is 12.3 Å². The Hall–Kier alpha value is -1.25. The molecular weight excluding hydrogens is 181 g/mol. The molecule has 1 atom stereocenters. The van der Waals surface area contributed by atoms with Crippen molar-refractivity contribution in [2.24, 2.45) is 0 Å². The second-order valence-corrected chi connectivity index (χ2v) is 3.70. The Morgan fingerprint density at radius 1 is 1.50 bits per heavy atom. The molecule has 0 spiro atoms. The summed E-state index contributed by atoms with van der Waals surface area (Å²) in [5.74, 6) is -0.0593. The molecule has 1 fully saturated rings. The van der Waals surface area contributed by atoms with E-state index in [9.17, 15) is 9.18 Å². The molecule has 1 heterocycles. The van der Waals surface area contributed by atoms with Crippen LogP contribution in [0.2, 0.25) is 0 Å². The van der Waals surface area contributed by atoms with Crippen molar-refractivity contribution in [1.82, 2.24) is 4.98 Å². The zero-order valence-electron chi connectivity index (χ0n) is 7.87. The number of halogens is 1. The molecule has 1 aromatic rings. The highest BCUT2D eigenvalue weighted by Gasteiger charge is 2.24. The van der Waals surface area contributed by atoms with Crippen LogP contribution in [0.15, 0.2) is 18.3 Å². The van der Waals surface area contributed by atoms with Gasteiger partial charge in [-0.1, -0.05) is 0 Å². The van der Waals surface area contributed by atoms with Crippen LogP contribution in [-0.4, -0.2) is 10.8 Å².